The predicted octanol–water partition coefficient (Wildman–Crippen LogP) is 4.83. The van der Waals surface area contributed by atoms with Crippen molar-refractivity contribution in [3.05, 3.63) is 65.2 Å². The van der Waals surface area contributed by atoms with Gasteiger partial charge in [-0.15, -0.1) is 11.8 Å². The minimum atomic E-state index is 0.955. The van der Waals surface area contributed by atoms with Gasteiger partial charge in [0.1, 0.15) is 5.82 Å². The number of pyridine rings is 1. The fraction of sp³-hybridized carbons (Fsp3) is 0.250. The van der Waals surface area contributed by atoms with E-state index in [4.69, 9.17) is 4.98 Å². The van der Waals surface area contributed by atoms with Crippen molar-refractivity contribution >= 4 is 28.5 Å². The Hall–Kier alpha value is -2.00. The lowest BCUT2D eigenvalue weighted by atomic mass is 10.00. The van der Waals surface area contributed by atoms with E-state index >= 15 is 0 Å². The van der Waals surface area contributed by atoms with E-state index in [1.54, 1.807) is 11.8 Å². The predicted molar refractivity (Wildman–Crippen MR) is 99.5 cm³/mol. The zero-order valence-electron chi connectivity index (χ0n) is 13.5. The molecule has 0 spiro atoms. The van der Waals surface area contributed by atoms with Crippen LogP contribution in [0.15, 0.2) is 53.4 Å². The van der Waals surface area contributed by atoms with Crippen molar-refractivity contribution < 1.29 is 0 Å². The van der Waals surface area contributed by atoms with E-state index < -0.39 is 0 Å². The number of hydrogen-bond donors (Lipinski definition) is 0. The Morgan fingerprint density at radius 3 is 2.70 bits per heavy atom. The molecular formula is C20H20N2S. The molecule has 3 heteroatoms. The van der Waals surface area contributed by atoms with Crippen molar-refractivity contribution in [2.75, 3.05) is 17.7 Å². The highest BCUT2D eigenvalue weighted by molar-refractivity contribution is 7.98. The lowest BCUT2D eigenvalue weighted by Gasteiger charge is -2.30. The van der Waals surface area contributed by atoms with Gasteiger partial charge in [0.25, 0.3) is 0 Å². The highest BCUT2D eigenvalue weighted by atomic mass is 32.2. The van der Waals surface area contributed by atoms with Crippen LogP contribution < -0.4 is 4.90 Å². The number of aromatic nitrogens is 1. The standard InChI is InChI=1S/C20H20N2S/c1-14-11-20(21-19-8-7-17(23-2)12-18(14)19)22-10-9-15-5-3-4-6-16(15)13-22/h3-8,11-12H,9-10,13H2,1-2H3. The van der Waals surface area contributed by atoms with Crippen molar-refractivity contribution in [3.8, 4) is 0 Å². The Balaban J connectivity index is 1.73. The molecule has 0 saturated carbocycles. The van der Waals surface area contributed by atoms with Crippen molar-refractivity contribution in [1.29, 1.82) is 0 Å². The van der Waals surface area contributed by atoms with Gasteiger partial charge in [-0.25, -0.2) is 4.98 Å². The first kappa shape index (κ1) is 14.6. The smallest absolute Gasteiger partial charge is 0.129 e. The summed E-state index contributed by atoms with van der Waals surface area (Å²) < 4.78 is 0. The molecular weight excluding hydrogens is 300 g/mol. The van der Waals surface area contributed by atoms with E-state index in [0.717, 1.165) is 30.8 Å². The van der Waals surface area contributed by atoms with E-state index in [1.165, 1.54) is 27.0 Å². The summed E-state index contributed by atoms with van der Waals surface area (Å²) in [6.45, 7) is 4.18. The van der Waals surface area contributed by atoms with Crippen LogP contribution >= 0.6 is 11.8 Å². The molecule has 116 valence electrons. The number of benzene rings is 2. The Bertz CT molecular complexity index is 873. The lowest BCUT2D eigenvalue weighted by Crippen LogP contribution is -2.31. The number of fused-ring (bicyclic) bond motifs is 2. The van der Waals surface area contributed by atoms with E-state index in [2.05, 4.69) is 66.6 Å². The Kier molecular flexibility index (Phi) is 3.74. The maximum atomic E-state index is 4.92. The molecule has 0 N–H and O–H groups in total. The first-order valence-electron chi connectivity index (χ1n) is 8.02. The van der Waals surface area contributed by atoms with Gasteiger partial charge in [0.05, 0.1) is 5.52 Å². The van der Waals surface area contributed by atoms with E-state index in [-0.39, 0.29) is 0 Å². The molecule has 23 heavy (non-hydrogen) atoms. The molecule has 0 atom stereocenters. The fourth-order valence-electron chi connectivity index (χ4n) is 3.34. The Morgan fingerprint density at radius 1 is 1.04 bits per heavy atom. The highest BCUT2D eigenvalue weighted by Gasteiger charge is 2.17. The molecule has 4 rings (SSSR count). The Labute approximate surface area is 141 Å². The number of aryl methyl sites for hydroxylation is 1. The van der Waals surface area contributed by atoms with Crippen LogP contribution in [-0.2, 0) is 13.0 Å². The van der Waals surface area contributed by atoms with Crippen LogP contribution in [0.4, 0.5) is 5.82 Å². The van der Waals surface area contributed by atoms with Gasteiger partial charge < -0.3 is 4.90 Å². The third kappa shape index (κ3) is 2.70. The number of hydrogen-bond acceptors (Lipinski definition) is 3. The summed E-state index contributed by atoms with van der Waals surface area (Å²) in [6, 6.07) is 17.5. The van der Waals surface area contributed by atoms with Crippen molar-refractivity contribution in [2.24, 2.45) is 0 Å². The SMILES string of the molecule is CSc1ccc2nc(N3CCc4ccccc4C3)cc(C)c2c1. The second-order valence-corrected chi connectivity index (χ2v) is 7.00. The van der Waals surface area contributed by atoms with E-state index in [9.17, 15) is 0 Å². The van der Waals surface area contributed by atoms with Crippen molar-refractivity contribution in [3.63, 3.8) is 0 Å². The van der Waals surface area contributed by atoms with Crippen LogP contribution in [0, 0.1) is 6.92 Å². The number of thioether (sulfide) groups is 1. The van der Waals surface area contributed by atoms with Crippen LogP contribution in [0.25, 0.3) is 10.9 Å². The van der Waals surface area contributed by atoms with Crippen molar-refractivity contribution in [1.82, 2.24) is 4.98 Å². The van der Waals surface area contributed by atoms with Gasteiger partial charge in [0, 0.05) is 23.4 Å². The van der Waals surface area contributed by atoms with Gasteiger partial charge in [-0.05, 0) is 60.6 Å². The maximum absolute atomic E-state index is 4.92. The fourth-order valence-corrected chi connectivity index (χ4v) is 3.78. The zero-order valence-corrected chi connectivity index (χ0v) is 14.4. The van der Waals surface area contributed by atoms with E-state index in [1.807, 2.05) is 0 Å². The first-order valence-corrected chi connectivity index (χ1v) is 9.24. The average Bonchev–Trinajstić information content (AvgIpc) is 2.61. The van der Waals surface area contributed by atoms with Crippen LogP contribution in [0.2, 0.25) is 0 Å². The molecule has 0 unspecified atom stereocenters. The molecule has 0 radical (unpaired) electrons. The summed E-state index contributed by atoms with van der Waals surface area (Å²) >= 11 is 1.78. The van der Waals surface area contributed by atoms with Crippen LogP contribution in [0.3, 0.4) is 0 Å². The van der Waals surface area contributed by atoms with Gasteiger partial charge in [0.15, 0.2) is 0 Å². The molecule has 2 nitrogen and oxygen atoms in total. The summed E-state index contributed by atoms with van der Waals surface area (Å²) in [6.07, 6.45) is 3.21. The summed E-state index contributed by atoms with van der Waals surface area (Å²) in [4.78, 5) is 8.62. The number of anilines is 1. The zero-order chi connectivity index (χ0) is 15.8. The molecule has 1 aliphatic rings. The van der Waals surface area contributed by atoms with Crippen LogP contribution in [0.1, 0.15) is 16.7 Å². The quantitative estimate of drug-likeness (QED) is 0.629. The van der Waals surface area contributed by atoms with Crippen LogP contribution in [0.5, 0.6) is 0 Å². The Morgan fingerprint density at radius 2 is 1.87 bits per heavy atom. The second kappa shape index (κ2) is 5.89. The third-order valence-electron chi connectivity index (χ3n) is 4.66. The van der Waals surface area contributed by atoms with Gasteiger partial charge >= 0.3 is 0 Å². The topological polar surface area (TPSA) is 16.1 Å². The van der Waals surface area contributed by atoms with Gasteiger partial charge in [-0.2, -0.15) is 0 Å². The third-order valence-corrected chi connectivity index (χ3v) is 5.39. The maximum Gasteiger partial charge on any atom is 0.129 e. The number of nitrogens with zero attached hydrogens (tertiary/aromatic N) is 2. The minimum Gasteiger partial charge on any atom is -0.352 e. The molecule has 0 bridgehead atoms. The molecule has 0 saturated heterocycles. The second-order valence-electron chi connectivity index (χ2n) is 6.12. The molecule has 1 aliphatic heterocycles. The summed E-state index contributed by atoms with van der Waals surface area (Å²) in [5.74, 6) is 1.10. The molecule has 1 aromatic heterocycles. The molecule has 2 heterocycles. The molecule has 2 aromatic carbocycles. The van der Waals surface area contributed by atoms with Crippen molar-refractivity contribution in [2.45, 2.75) is 24.8 Å². The monoisotopic (exact) mass is 320 g/mol. The van der Waals surface area contributed by atoms with E-state index in [0.29, 0.717) is 0 Å². The molecule has 0 aliphatic carbocycles. The summed E-state index contributed by atoms with van der Waals surface area (Å²) in [7, 11) is 0. The summed E-state index contributed by atoms with van der Waals surface area (Å²) in [5, 5.41) is 1.26. The van der Waals surface area contributed by atoms with Gasteiger partial charge in [-0.1, -0.05) is 24.3 Å². The number of rotatable bonds is 2. The molecule has 0 fully saturated rings. The van der Waals surface area contributed by atoms with Crippen LogP contribution in [-0.4, -0.2) is 17.8 Å². The largest absolute Gasteiger partial charge is 0.352 e. The van der Waals surface area contributed by atoms with Gasteiger partial charge in [-0.3, -0.25) is 0 Å². The first-order chi connectivity index (χ1) is 11.2. The van der Waals surface area contributed by atoms with Gasteiger partial charge in [0.2, 0.25) is 0 Å². The minimum absolute atomic E-state index is 0.955. The normalized spacial score (nSPS) is 14.1. The molecule has 3 aromatic rings. The average molecular weight is 320 g/mol. The summed E-state index contributed by atoms with van der Waals surface area (Å²) in [5.41, 5.74) is 5.30. The highest BCUT2D eigenvalue weighted by Crippen LogP contribution is 2.29. The lowest BCUT2D eigenvalue weighted by molar-refractivity contribution is 0.722. The molecule has 0 amide bonds.